The summed E-state index contributed by atoms with van der Waals surface area (Å²) in [6.45, 7) is 3.15. The van der Waals surface area contributed by atoms with E-state index in [1.54, 1.807) is 6.92 Å². The topological polar surface area (TPSA) is 57.6 Å². The van der Waals surface area contributed by atoms with Crippen LogP contribution in [0.15, 0.2) is 0 Å². The van der Waals surface area contributed by atoms with Gasteiger partial charge >= 0.3 is 5.97 Å². The predicted molar refractivity (Wildman–Crippen MR) is 49.7 cm³/mol. The Morgan fingerprint density at radius 3 is 2.50 bits per heavy atom. The summed E-state index contributed by atoms with van der Waals surface area (Å²) in [6.07, 6.45) is 2.49. The molecule has 4 nitrogen and oxygen atoms in total. The zero-order valence-electron chi connectivity index (χ0n) is 8.32. The summed E-state index contributed by atoms with van der Waals surface area (Å²) in [5.74, 6) is -0.737. The maximum absolute atomic E-state index is 11.1. The number of rotatable bonds is 1. The second-order valence-corrected chi connectivity index (χ2v) is 4.63. The van der Waals surface area contributed by atoms with Crippen molar-refractivity contribution in [2.75, 3.05) is 13.1 Å². The SMILES string of the molecule is CC(=O)N1CCC2(CC(C(=O)O)C2)C1. The number of likely N-dealkylation sites (tertiary alicyclic amines) is 1. The molecule has 0 radical (unpaired) electrons. The molecule has 1 heterocycles. The quantitative estimate of drug-likeness (QED) is 0.673. The Labute approximate surface area is 82.9 Å². The van der Waals surface area contributed by atoms with Crippen molar-refractivity contribution < 1.29 is 14.7 Å². The second kappa shape index (κ2) is 2.97. The van der Waals surface area contributed by atoms with Gasteiger partial charge in [-0.05, 0) is 24.7 Å². The van der Waals surface area contributed by atoms with Gasteiger partial charge in [0.05, 0.1) is 5.92 Å². The fourth-order valence-electron chi connectivity index (χ4n) is 2.70. The van der Waals surface area contributed by atoms with Gasteiger partial charge < -0.3 is 10.0 Å². The number of hydrogen-bond acceptors (Lipinski definition) is 2. The van der Waals surface area contributed by atoms with Crippen molar-refractivity contribution in [2.45, 2.75) is 26.2 Å². The Balaban J connectivity index is 1.91. The van der Waals surface area contributed by atoms with Gasteiger partial charge in [-0.25, -0.2) is 0 Å². The van der Waals surface area contributed by atoms with Gasteiger partial charge in [-0.1, -0.05) is 0 Å². The van der Waals surface area contributed by atoms with E-state index >= 15 is 0 Å². The molecule has 2 fully saturated rings. The van der Waals surface area contributed by atoms with Crippen molar-refractivity contribution in [2.24, 2.45) is 11.3 Å². The maximum atomic E-state index is 11.1. The highest BCUT2D eigenvalue weighted by Gasteiger charge is 2.51. The molecule has 14 heavy (non-hydrogen) atoms. The molecule has 0 aromatic rings. The highest BCUT2D eigenvalue weighted by atomic mass is 16.4. The van der Waals surface area contributed by atoms with Crippen LogP contribution in [-0.4, -0.2) is 35.0 Å². The Kier molecular flexibility index (Phi) is 2.01. The lowest BCUT2D eigenvalue weighted by atomic mass is 9.61. The van der Waals surface area contributed by atoms with E-state index < -0.39 is 5.97 Å². The number of carbonyl (C=O) groups is 2. The molecule has 1 spiro atoms. The van der Waals surface area contributed by atoms with E-state index in [1.165, 1.54) is 0 Å². The third-order valence-corrected chi connectivity index (χ3v) is 3.59. The first-order valence-corrected chi connectivity index (χ1v) is 5.01. The average molecular weight is 197 g/mol. The van der Waals surface area contributed by atoms with Gasteiger partial charge in [0.25, 0.3) is 0 Å². The van der Waals surface area contributed by atoms with Crippen molar-refractivity contribution in [3.05, 3.63) is 0 Å². The number of aliphatic carboxylic acids is 1. The molecular formula is C10H15NO3. The average Bonchev–Trinajstić information content (AvgIpc) is 2.44. The molecule has 0 aromatic carbocycles. The summed E-state index contributed by atoms with van der Waals surface area (Å²) in [4.78, 5) is 23.6. The fraction of sp³-hybridized carbons (Fsp3) is 0.800. The molecule has 1 N–H and O–H groups in total. The van der Waals surface area contributed by atoms with Gasteiger partial charge in [0, 0.05) is 20.0 Å². The van der Waals surface area contributed by atoms with Crippen LogP contribution >= 0.6 is 0 Å². The minimum Gasteiger partial charge on any atom is -0.481 e. The van der Waals surface area contributed by atoms with E-state index in [9.17, 15) is 9.59 Å². The van der Waals surface area contributed by atoms with Gasteiger partial charge in [0.2, 0.25) is 5.91 Å². The van der Waals surface area contributed by atoms with Crippen LogP contribution in [0.2, 0.25) is 0 Å². The van der Waals surface area contributed by atoms with Gasteiger partial charge in [-0.3, -0.25) is 9.59 Å². The normalized spacial score (nSPS) is 35.8. The van der Waals surface area contributed by atoms with Crippen LogP contribution in [0.4, 0.5) is 0 Å². The lowest BCUT2D eigenvalue weighted by Crippen LogP contribution is -2.43. The highest BCUT2D eigenvalue weighted by Crippen LogP contribution is 2.51. The van der Waals surface area contributed by atoms with Crippen LogP contribution in [-0.2, 0) is 9.59 Å². The monoisotopic (exact) mass is 197 g/mol. The number of carboxylic acid groups (broad SMARTS) is 1. The fourth-order valence-corrected chi connectivity index (χ4v) is 2.70. The molecular weight excluding hydrogens is 182 g/mol. The number of amides is 1. The van der Waals surface area contributed by atoms with Crippen molar-refractivity contribution >= 4 is 11.9 Å². The molecule has 2 rings (SSSR count). The Bertz CT molecular complexity index is 281. The minimum absolute atomic E-state index is 0.112. The van der Waals surface area contributed by atoms with Crippen molar-refractivity contribution in [1.29, 1.82) is 0 Å². The largest absolute Gasteiger partial charge is 0.481 e. The molecule has 0 atom stereocenters. The van der Waals surface area contributed by atoms with E-state index in [0.29, 0.717) is 0 Å². The zero-order chi connectivity index (χ0) is 10.3. The first-order chi connectivity index (χ1) is 6.52. The molecule has 0 bridgehead atoms. The third-order valence-electron chi connectivity index (χ3n) is 3.59. The molecule has 78 valence electrons. The zero-order valence-corrected chi connectivity index (χ0v) is 8.32. The van der Waals surface area contributed by atoms with E-state index in [2.05, 4.69) is 0 Å². The first kappa shape index (κ1) is 9.49. The Hall–Kier alpha value is -1.06. The van der Waals surface area contributed by atoms with Gasteiger partial charge in [0.1, 0.15) is 0 Å². The van der Waals surface area contributed by atoms with Crippen molar-refractivity contribution in [3.8, 4) is 0 Å². The van der Waals surface area contributed by atoms with Crippen LogP contribution in [0.1, 0.15) is 26.2 Å². The van der Waals surface area contributed by atoms with Crippen LogP contribution in [0, 0.1) is 11.3 Å². The molecule has 1 saturated carbocycles. The van der Waals surface area contributed by atoms with Crippen molar-refractivity contribution in [1.82, 2.24) is 4.90 Å². The third kappa shape index (κ3) is 1.38. The maximum Gasteiger partial charge on any atom is 0.306 e. The lowest BCUT2D eigenvalue weighted by Gasteiger charge is -2.42. The van der Waals surface area contributed by atoms with Crippen LogP contribution < -0.4 is 0 Å². The molecule has 1 amide bonds. The van der Waals surface area contributed by atoms with Crippen LogP contribution in [0.3, 0.4) is 0 Å². The number of nitrogens with zero attached hydrogens (tertiary/aromatic N) is 1. The molecule has 4 heteroatoms. The number of carbonyl (C=O) groups excluding carboxylic acids is 1. The summed E-state index contributed by atoms with van der Waals surface area (Å²) < 4.78 is 0. The standard InChI is InChI=1S/C10H15NO3/c1-7(12)11-3-2-10(6-11)4-8(5-10)9(13)14/h8H,2-6H2,1H3,(H,13,14). The van der Waals surface area contributed by atoms with E-state index in [1.807, 2.05) is 4.90 Å². The number of carboxylic acids is 1. The van der Waals surface area contributed by atoms with Crippen LogP contribution in [0.25, 0.3) is 0 Å². The van der Waals surface area contributed by atoms with E-state index in [0.717, 1.165) is 32.4 Å². The summed E-state index contributed by atoms with van der Waals surface area (Å²) in [7, 11) is 0. The second-order valence-electron chi connectivity index (χ2n) is 4.63. The van der Waals surface area contributed by atoms with Crippen LogP contribution in [0.5, 0.6) is 0 Å². The Morgan fingerprint density at radius 2 is 2.07 bits per heavy atom. The predicted octanol–water partition coefficient (Wildman–Crippen LogP) is 0.720. The first-order valence-electron chi connectivity index (χ1n) is 5.01. The summed E-state index contributed by atoms with van der Waals surface area (Å²) in [6, 6.07) is 0. The van der Waals surface area contributed by atoms with Gasteiger partial charge in [0.15, 0.2) is 0 Å². The van der Waals surface area contributed by atoms with Gasteiger partial charge in [-0.2, -0.15) is 0 Å². The molecule has 1 aliphatic heterocycles. The van der Waals surface area contributed by atoms with E-state index in [4.69, 9.17) is 5.11 Å². The van der Waals surface area contributed by atoms with E-state index in [-0.39, 0.29) is 17.2 Å². The summed E-state index contributed by atoms with van der Waals surface area (Å²) in [5.41, 5.74) is 0.148. The lowest BCUT2D eigenvalue weighted by molar-refractivity contribution is -0.149. The van der Waals surface area contributed by atoms with Crippen molar-refractivity contribution in [3.63, 3.8) is 0 Å². The van der Waals surface area contributed by atoms with Gasteiger partial charge in [-0.15, -0.1) is 0 Å². The summed E-state index contributed by atoms with van der Waals surface area (Å²) in [5, 5.41) is 8.77. The molecule has 2 aliphatic rings. The highest BCUT2D eigenvalue weighted by molar-refractivity contribution is 5.74. The number of hydrogen-bond donors (Lipinski definition) is 1. The summed E-state index contributed by atoms with van der Waals surface area (Å²) >= 11 is 0. The molecule has 1 saturated heterocycles. The molecule has 1 aliphatic carbocycles. The Morgan fingerprint density at radius 1 is 1.43 bits per heavy atom. The minimum atomic E-state index is -0.683. The molecule has 0 unspecified atom stereocenters. The molecule has 0 aromatic heterocycles. The smallest absolute Gasteiger partial charge is 0.306 e.